The maximum Gasteiger partial charge on any atom is 0.306 e. The summed E-state index contributed by atoms with van der Waals surface area (Å²) in [5.74, 6) is -0.752. The van der Waals surface area contributed by atoms with Crippen LogP contribution in [0.25, 0.3) is 0 Å². The first-order chi connectivity index (χ1) is 20.5. The lowest BCUT2D eigenvalue weighted by atomic mass is 9.80. The van der Waals surface area contributed by atoms with Crippen molar-refractivity contribution in [1.29, 1.82) is 0 Å². The molecule has 1 fully saturated rings. The van der Waals surface area contributed by atoms with Crippen molar-refractivity contribution in [2.45, 2.75) is 82.6 Å². The number of unbranched alkanes of at least 4 members (excludes halogenated alkanes) is 2. The summed E-state index contributed by atoms with van der Waals surface area (Å²) in [4.78, 5) is 25.6. The highest BCUT2D eigenvalue weighted by Gasteiger charge is 2.51. The Balaban J connectivity index is 1.70. The molecule has 0 saturated carbocycles. The van der Waals surface area contributed by atoms with E-state index in [0.29, 0.717) is 12.8 Å². The molecule has 4 unspecified atom stereocenters. The van der Waals surface area contributed by atoms with E-state index in [9.17, 15) is 9.59 Å². The highest BCUT2D eigenvalue weighted by Crippen LogP contribution is 2.41. The van der Waals surface area contributed by atoms with Gasteiger partial charge in [0.1, 0.15) is 11.7 Å². The van der Waals surface area contributed by atoms with Gasteiger partial charge in [0.05, 0.1) is 6.61 Å². The van der Waals surface area contributed by atoms with Crippen molar-refractivity contribution in [3.63, 3.8) is 0 Å². The van der Waals surface area contributed by atoms with Crippen LogP contribution in [0, 0.1) is 0 Å². The first kappa shape index (κ1) is 31.4. The van der Waals surface area contributed by atoms with E-state index >= 15 is 0 Å². The van der Waals surface area contributed by atoms with E-state index in [1.165, 1.54) is 7.11 Å². The van der Waals surface area contributed by atoms with Crippen molar-refractivity contribution < 1.29 is 33.3 Å². The van der Waals surface area contributed by atoms with Gasteiger partial charge in [-0.15, -0.1) is 0 Å². The summed E-state index contributed by atoms with van der Waals surface area (Å²) in [6.07, 6.45) is 0.155. The third-order valence-electron chi connectivity index (χ3n) is 7.51. The SMILES string of the molecule is CCCCC(=O)OC1C(COC(c2ccccc2)(c2ccccc2)c2ccccc2)OC(OC)C1OC(=O)CCCC. The fourth-order valence-electron chi connectivity index (χ4n) is 5.32. The van der Waals surface area contributed by atoms with E-state index in [0.717, 1.165) is 29.5 Å². The number of hydrogen-bond donors (Lipinski definition) is 0. The zero-order valence-corrected chi connectivity index (χ0v) is 24.8. The number of hydrogen-bond acceptors (Lipinski definition) is 7. The second-order valence-electron chi connectivity index (χ2n) is 10.5. The second kappa shape index (κ2) is 15.6. The first-order valence-electron chi connectivity index (χ1n) is 14.9. The van der Waals surface area contributed by atoms with Crippen LogP contribution in [0.5, 0.6) is 0 Å². The zero-order valence-electron chi connectivity index (χ0n) is 24.8. The molecule has 1 aliphatic rings. The van der Waals surface area contributed by atoms with Crippen LogP contribution in [0.3, 0.4) is 0 Å². The van der Waals surface area contributed by atoms with Crippen molar-refractivity contribution in [2.24, 2.45) is 0 Å². The van der Waals surface area contributed by atoms with Gasteiger partial charge in [0, 0.05) is 20.0 Å². The van der Waals surface area contributed by atoms with E-state index < -0.39 is 30.2 Å². The van der Waals surface area contributed by atoms with Crippen LogP contribution in [-0.2, 0) is 38.9 Å². The summed E-state index contributed by atoms with van der Waals surface area (Å²) in [5, 5.41) is 0. The molecule has 224 valence electrons. The van der Waals surface area contributed by atoms with Crippen LogP contribution in [0.15, 0.2) is 91.0 Å². The third kappa shape index (κ3) is 7.46. The molecule has 3 aromatic rings. The molecule has 0 aromatic heterocycles. The Bertz CT molecular complexity index is 1140. The smallest absolute Gasteiger partial charge is 0.306 e. The number of esters is 2. The molecule has 0 amide bonds. The van der Waals surface area contributed by atoms with Gasteiger partial charge in [-0.05, 0) is 29.5 Å². The number of methoxy groups -OCH3 is 1. The Kier molecular flexibility index (Phi) is 11.7. The minimum atomic E-state index is -0.998. The van der Waals surface area contributed by atoms with Crippen molar-refractivity contribution in [1.82, 2.24) is 0 Å². The first-order valence-corrected chi connectivity index (χ1v) is 14.9. The Morgan fingerprint density at radius 1 is 0.690 bits per heavy atom. The van der Waals surface area contributed by atoms with Gasteiger partial charge in [-0.3, -0.25) is 9.59 Å². The molecule has 0 aliphatic carbocycles. The lowest BCUT2D eigenvalue weighted by Gasteiger charge is -2.37. The van der Waals surface area contributed by atoms with Gasteiger partial charge < -0.3 is 23.7 Å². The molecular formula is C35H42O7. The standard InChI is InChI=1S/C35H42O7/c1-4-6-23-30(36)41-32-29(40-34(38-3)33(32)42-31(37)24-7-5-2)25-39-35(26-17-11-8-12-18-26,27-19-13-9-14-20-27)28-21-15-10-16-22-28/h8-22,29,32-34H,4-7,23-25H2,1-3H3. The maximum atomic E-state index is 12.9. The molecule has 0 spiro atoms. The molecule has 0 bridgehead atoms. The van der Waals surface area contributed by atoms with Gasteiger partial charge >= 0.3 is 11.9 Å². The Morgan fingerprint density at radius 3 is 1.52 bits per heavy atom. The predicted octanol–water partition coefficient (Wildman–Crippen LogP) is 6.57. The van der Waals surface area contributed by atoms with Crippen molar-refractivity contribution >= 4 is 11.9 Å². The molecule has 42 heavy (non-hydrogen) atoms. The summed E-state index contributed by atoms with van der Waals surface area (Å²) in [6, 6.07) is 30.0. The Hall–Kier alpha value is -3.52. The van der Waals surface area contributed by atoms with Crippen LogP contribution < -0.4 is 0 Å². The topological polar surface area (TPSA) is 80.3 Å². The predicted molar refractivity (Wildman–Crippen MR) is 160 cm³/mol. The molecule has 7 heteroatoms. The highest BCUT2D eigenvalue weighted by atomic mass is 16.7. The number of ether oxygens (including phenoxy) is 5. The minimum Gasteiger partial charge on any atom is -0.455 e. The summed E-state index contributed by atoms with van der Waals surface area (Å²) < 4.78 is 30.6. The van der Waals surface area contributed by atoms with E-state index in [4.69, 9.17) is 23.7 Å². The summed E-state index contributed by atoms with van der Waals surface area (Å²) in [6.45, 7) is 4.06. The Morgan fingerprint density at radius 2 is 1.12 bits per heavy atom. The molecule has 7 nitrogen and oxygen atoms in total. The van der Waals surface area contributed by atoms with E-state index in [1.54, 1.807) is 0 Å². The number of carbonyl (C=O) groups excluding carboxylic acids is 2. The van der Waals surface area contributed by atoms with Crippen molar-refractivity contribution in [3.8, 4) is 0 Å². The second-order valence-corrected chi connectivity index (χ2v) is 10.5. The highest BCUT2D eigenvalue weighted by molar-refractivity contribution is 5.71. The normalized spacial score (nSPS) is 20.3. The van der Waals surface area contributed by atoms with Crippen LogP contribution in [-0.4, -0.2) is 50.3 Å². The molecule has 3 aromatic carbocycles. The molecule has 4 atom stereocenters. The van der Waals surface area contributed by atoms with E-state index in [-0.39, 0.29) is 31.4 Å². The van der Waals surface area contributed by atoms with Gasteiger partial charge in [-0.1, -0.05) is 118 Å². The lowest BCUT2D eigenvalue weighted by Crippen LogP contribution is -2.43. The van der Waals surface area contributed by atoms with Gasteiger partial charge in [0.15, 0.2) is 18.5 Å². The lowest BCUT2D eigenvalue weighted by molar-refractivity contribution is -0.184. The van der Waals surface area contributed by atoms with E-state index in [2.05, 4.69) is 0 Å². The number of rotatable bonds is 15. The maximum absolute atomic E-state index is 12.9. The molecular weight excluding hydrogens is 532 g/mol. The molecule has 1 heterocycles. The molecule has 0 radical (unpaired) electrons. The average Bonchev–Trinajstić information content (AvgIpc) is 3.36. The molecule has 4 rings (SSSR count). The summed E-state index contributed by atoms with van der Waals surface area (Å²) >= 11 is 0. The monoisotopic (exact) mass is 574 g/mol. The fraction of sp³-hybridized carbons (Fsp3) is 0.429. The average molecular weight is 575 g/mol. The quantitative estimate of drug-likeness (QED) is 0.150. The zero-order chi connectivity index (χ0) is 29.8. The fourth-order valence-corrected chi connectivity index (χ4v) is 5.32. The summed E-state index contributed by atoms with van der Waals surface area (Å²) in [5.41, 5.74) is 1.80. The van der Waals surface area contributed by atoms with Gasteiger partial charge in [0.2, 0.25) is 0 Å². The molecule has 0 N–H and O–H groups in total. The largest absolute Gasteiger partial charge is 0.455 e. The summed E-state index contributed by atoms with van der Waals surface area (Å²) in [7, 11) is 1.49. The van der Waals surface area contributed by atoms with Crippen LogP contribution >= 0.6 is 0 Å². The molecule has 1 saturated heterocycles. The Labute approximate surface area is 249 Å². The van der Waals surface area contributed by atoms with Gasteiger partial charge in [0.25, 0.3) is 0 Å². The number of benzene rings is 3. The van der Waals surface area contributed by atoms with E-state index in [1.807, 2.05) is 105 Å². The van der Waals surface area contributed by atoms with Crippen LogP contribution in [0.2, 0.25) is 0 Å². The van der Waals surface area contributed by atoms with Crippen LogP contribution in [0.4, 0.5) is 0 Å². The van der Waals surface area contributed by atoms with Gasteiger partial charge in [-0.25, -0.2) is 0 Å². The van der Waals surface area contributed by atoms with Crippen molar-refractivity contribution in [2.75, 3.05) is 13.7 Å². The van der Waals surface area contributed by atoms with Gasteiger partial charge in [-0.2, -0.15) is 0 Å². The molecule has 1 aliphatic heterocycles. The minimum absolute atomic E-state index is 0.0350. The third-order valence-corrected chi connectivity index (χ3v) is 7.51. The number of carbonyl (C=O) groups is 2. The van der Waals surface area contributed by atoms with Crippen molar-refractivity contribution in [3.05, 3.63) is 108 Å². The van der Waals surface area contributed by atoms with Crippen LogP contribution in [0.1, 0.15) is 69.1 Å².